The summed E-state index contributed by atoms with van der Waals surface area (Å²) in [4.78, 5) is 2.31. The number of hydrogen-bond donors (Lipinski definition) is 1. The summed E-state index contributed by atoms with van der Waals surface area (Å²) in [6.45, 7) is 11.2. The summed E-state index contributed by atoms with van der Waals surface area (Å²) in [5, 5.41) is 10.4. The molecule has 0 amide bonds. The van der Waals surface area contributed by atoms with Crippen molar-refractivity contribution in [1.82, 2.24) is 4.90 Å². The van der Waals surface area contributed by atoms with Gasteiger partial charge in [0.25, 0.3) is 0 Å². The molecular weight excluding hydrogens is 310 g/mol. The van der Waals surface area contributed by atoms with Gasteiger partial charge in [-0.05, 0) is 56.5 Å². The van der Waals surface area contributed by atoms with Crippen LogP contribution in [0.25, 0.3) is 0 Å². The second-order valence-electron chi connectivity index (χ2n) is 6.90. The van der Waals surface area contributed by atoms with Crippen LogP contribution in [0, 0.1) is 20.8 Å². The van der Waals surface area contributed by atoms with Crippen molar-refractivity contribution in [3.05, 3.63) is 64.7 Å². The zero-order valence-electron chi connectivity index (χ0n) is 16.0. The number of nitrogens with zero attached hydrogens (tertiary/aromatic N) is 1. The van der Waals surface area contributed by atoms with Crippen molar-refractivity contribution in [2.75, 3.05) is 19.7 Å². The molecule has 1 atom stereocenters. The lowest BCUT2D eigenvalue weighted by molar-refractivity contribution is 0.0653. The van der Waals surface area contributed by atoms with Gasteiger partial charge < -0.3 is 9.84 Å². The third kappa shape index (κ3) is 6.18. The van der Waals surface area contributed by atoms with E-state index in [1.165, 1.54) is 16.7 Å². The van der Waals surface area contributed by atoms with E-state index in [-0.39, 0.29) is 0 Å². The van der Waals surface area contributed by atoms with Gasteiger partial charge in [-0.2, -0.15) is 0 Å². The first-order valence-electron chi connectivity index (χ1n) is 9.14. The molecule has 2 aromatic carbocycles. The lowest BCUT2D eigenvalue weighted by Gasteiger charge is -2.26. The van der Waals surface area contributed by atoms with E-state index in [1.54, 1.807) is 0 Å². The Morgan fingerprint density at radius 2 is 1.80 bits per heavy atom. The van der Waals surface area contributed by atoms with Gasteiger partial charge in [-0.1, -0.05) is 48.9 Å². The van der Waals surface area contributed by atoms with Gasteiger partial charge in [0.15, 0.2) is 0 Å². The zero-order valence-corrected chi connectivity index (χ0v) is 16.0. The van der Waals surface area contributed by atoms with Gasteiger partial charge in [0.2, 0.25) is 0 Å². The van der Waals surface area contributed by atoms with E-state index in [1.807, 2.05) is 31.2 Å². The minimum Gasteiger partial charge on any atom is -0.491 e. The number of aryl methyl sites for hydroxylation is 3. The third-order valence-electron chi connectivity index (χ3n) is 4.43. The fraction of sp³-hybridized carbons (Fsp3) is 0.455. The predicted octanol–water partition coefficient (Wildman–Crippen LogP) is 4.26. The molecular formula is C22H31NO2. The fourth-order valence-electron chi connectivity index (χ4n) is 3.02. The highest BCUT2D eigenvalue weighted by molar-refractivity contribution is 5.32. The zero-order chi connectivity index (χ0) is 18.2. The Labute approximate surface area is 152 Å². The van der Waals surface area contributed by atoms with E-state index in [4.69, 9.17) is 4.74 Å². The average molecular weight is 341 g/mol. The molecule has 1 unspecified atom stereocenters. The van der Waals surface area contributed by atoms with Crippen molar-refractivity contribution in [3.63, 3.8) is 0 Å². The second kappa shape index (κ2) is 9.59. The minimum absolute atomic E-state index is 0.317. The van der Waals surface area contributed by atoms with E-state index in [2.05, 4.69) is 43.9 Å². The monoisotopic (exact) mass is 341 g/mol. The molecule has 2 aromatic rings. The Hall–Kier alpha value is -1.84. The molecule has 0 spiro atoms. The number of para-hydroxylation sites is 1. The van der Waals surface area contributed by atoms with Crippen LogP contribution in [0.5, 0.6) is 5.75 Å². The predicted molar refractivity (Wildman–Crippen MR) is 104 cm³/mol. The van der Waals surface area contributed by atoms with Gasteiger partial charge in [-0.15, -0.1) is 0 Å². The number of ether oxygens (including phenoxy) is 1. The maximum Gasteiger partial charge on any atom is 0.122 e. The van der Waals surface area contributed by atoms with Crippen molar-refractivity contribution in [2.45, 2.75) is 46.8 Å². The first-order chi connectivity index (χ1) is 12.0. The molecule has 2 rings (SSSR count). The van der Waals surface area contributed by atoms with Gasteiger partial charge in [-0.25, -0.2) is 0 Å². The summed E-state index contributed by atoms with van der Waals surface area (Å²) in [6.07, 6.45) is 0.562. The van der Waals surface area contributed by atoms with Crippen molar-refractivity contribution in [2.24, 2.45) is 0 Å². The molecule has 3 nitrogen and oxygen atoms in total. The minimum atomic E-state index is -0.503. The SMILES string of the molecule is CCCN(Cc1cc(C)ccc1C)CC(O)COc1ccccc1C. The molecule has 0 saturated carbocycles. The standard InChI is InChI=1S/C22H31NO2/c1-5-12-23(14-20-13-17(2)10-11-18(20)3)15-21(24)16-25-22-9-7-6-8-19(22)4/h6-11,13,21,24H,5,12,14-16H2,1-4H3. The molecule has 0 aliphatic carbocycles. The van der Waals surface area contributed by atoms with Crippen LogP contribution in [-0.4, -0.2) is 35.8 Å². The van der Waals surface area contributed by atoms with Gasteiger partial charge in [0.1, 0.15) is 18.5 Å². The topological polar surface area (TPSA) is 32.7 Å². The van der Waals surface area contributed by atoms with Crippen molar-refractivity contribution in [3.8, 4) is 5.75 Å². The molecule has 0 aromatic heterocycles. The smallest absolute Gasteiger partial charge is 0.122 e. The van der Waals surface area contributed by atoms with E-state index >= 15 is 0 Å². The van der Waals surface area contributed by atoms with Crippen molar-refractivity contribution >= 4 is 0 Å². The Morgan fingerprint density at radius 1 is 1.04 bits per heavy atom. The normalized spacial score (nSPS) is 12.4. The molecule has 0 saturated heterocycles. The van der Waals surface area contributed by atoms with Crippen LogP contribution in [-0.2, 0) is 6.54 Å². The quantitative estimate of drug-likeness (QED) is 0.739. The maximum absolute atomic E-state index is 10.4. The van der Waals surface area contributed by atoms with E-state index in [0.717, 1.165) is 30.8 Å². The van der Waals surface area contributed by atoms with Crippen LogP contribution in [0.15, 0.2) is 42.5 Å². The van der Waals surface area contributed by atoms with Crippen LogP contribution in [0.1, 0.15) is 35.6 Å². The summed E-state index contributed by atoms with van der Waals surface area (Å²) in [5.74, 6) is 0.845. The Morgan fingerprint density at radius 3 is 2.52 bits per heavy atom. The molecule has 136 valence electrons. The second-order valence-corrected chi connectivity index (χ2v) is 6.90. The van der Waals surface area contributed by atoms with E-state index in [9.17, 15) is 5.11 Å². The largest absolute Gasteiger partial charge is 0.491 e. The lowest BCUT2D eigenvalue weighted by atomic mass is 10.0. The average Bonchev–Trinajstić information content (AvgIpc) is 2.57. The number of hydrogen-bond acceptors (Lipinski definition) is 3. The van der Waals surface area contributed by atoms with E-state index < -0.39 is 6.10 Å². The van der Waals surface area contributed by atoms with Gasteiger partial charge in [0.05, 0.1) is 0 Å². The molecule has 0 radical (unpaired) electrons. The van der Waals surface area contributed by atoms with Crippen LogP contribution in [0.3, 0.4) is 0 Å². The molecule has 25 heavy (non-hydrogen) atoms. The Balaban J connectivity index is 1.93. The molecule has 1 N–H and O–H groups in total. The van der Waals surface area contributed by atoms with Crippen molar-refractivity contribution < 1.29 is 9.84 Å². The van der Waals surface area contributed by atoms with E-state index in [0.29, 0.717) is 13.2 Å². The van der Waals surface area contributed by atoms with Gasteiger partial charge >= 0.3 is 0 Å². The van der Waals surface area contributed by atoms with Gasteiger partial charge in [-0.3, -0.25) is 4.90 Å². The highest BCUT2D eigenvalue weighted by atomic mass is 16.5. The first-order valence-corrected chi connectivity index (χ1v) is 9.14. The molecule has 0 fully saturated rings. The molecule has 0 bridgehead atoms. The number of benzene rings is 2. The maximum atomic E-state index is 10.4. The summed E-state index contributed by atoms with van der Waals surface area (Å²) in [6, 6.07) is 14.5. The molecule has 0 heterocycles. The first kappa shape index (κ1) is 19.5. The highest BCUT2D eigenvalue weighted by Gasteiger charge is 2.14. The van der Waals surface area contributed by atoms with Gasteiger partial charge in [0, 0.05) is 13.1 Å². The van der Waals surface area contributed by atoms with Crippen LogP contribution >= 0.6 is 0 Å². The Kier molecular flexibility index (Phi) is 7.48. The molecule has 3 heteroatoms. The van der Waals surface area contributed by atoms with Crippen LogP contribution in [0.4, 0.5) is 0 Å². The molecule has 0 aliphatic heterocycles. The highest BCUT2D eigenvalue weighted by Crippen LogP contribution is 2.17. The Bertz CT molecular complexity index is 669. The van der Waals surface area contributed by atoms with Crippen LogP contribution < -0.4 is 4.74 Å². The number of aliphatic hydroxyl groups is 1. The number of rotatable bonds is 9. The summed E-state index contributed by atoms with van der Waals surface area (Å²) in [7, 11) is 0. The lowest BCUT2D eigenvalue weighted by Crippen LogP contribution is -2.36. The molecule has 0 aliphatic rings. The summed E-state index contributed by atoms with van der Waals surface area (Å²) in [5.41, 5.74) is 5.01. The third-order valence-corrected chi connectivity index (χ3v) is 4.43. The fourth-order valence-corrected chi connectivity index (χ4v) is 3.02. The summed E-state index contributed by atoms with van der Waals surface area (Å²) >= 11 is 0. The van der Waals surface area contributed by atoms with Crippen LogP contribution in [0.2, 0.25) is 0 Å². The number of aliphatic hydroxyl groups excluding tert-OH is 1. The summed E-state index contributed by atoms with van der Waals surface area (Å²) < 4.78 is 5.79. The van der Waals surface area contributed by atoms with Crippen molar-refractivity contribution in [1.29, 1.82) is 0 Å².